The maximum absolute atomic E-state index is 6.10. The normalized spacial score (nSPS) is 37.5. The number of ether oxygens (including phenoxy) is 1. The zero-order chi connectivity index (χ0) is 14.6. The van der Waals surface area contributed by atoms with E-state index in [4.69, 9.17) is 10.5 Å². The van der Waals surface area contributed by atoms with Gasteiger partial charge in [-0.2, -0.15) is 0 Å². The van der Waals surface area contributed by atoms with Crippen LogP contribution in [0.1, 0.15) is 62.5 Å². The zero-order valence-corrected chi connectivity index (χ0v) is 13.3. The van der Waals surface area contributed by atoms with Crippen molar-refractivity contribution in [1.82, 2.24) is 0 Å². The Bertz CT molecular complexity index is 567. The minimum absolute atomic E-state index is 0.635. The molecule has 4 atom stereocenters. The molecule has 2 saturated carbocycles. The number of fused-ring (bicyclic) bond motifs is 5. The molecule has 4 unspecified atom stereocenters. The van der Waals surface area contributed by atoms with Crippen LogP contribution >= 0.6 is 0 Å². The van der Waals surface area contributed by atoms with Gasteiger partial charge in [0.05, 0.1) is 12.8 Å². The molecule has 1 aromatic rings. The molecule has 0 amide bonds. The van der Waals surface area contributed by atoms with E-state index in [0.717, 1.165) is 29.2 Å². The number of benzene rings is 1. The van der Waals surface area contributed by atoms with Crippen LogP contribution in [0.25, 0.3) is 0 Å². The molecule has 21 heavy (non-hydrogen) atoms. The lowest BCUT2D eigenvalue weighted by Gasteiger charge is -2.49. The molecule has 1 aromatic carbocycles. The Morgan fingerprint density at radius 3 is 2.86 bits per heavy atom. The first-order valence-corrected chi connectivity index (χ1v) is 8.59. The van der Waals surface area contributed by atoms with Crippen molar-refractivity contribution in [3.8, 4) is 5.75 Å². The molecule has 2 N–H and O–H groups in total. The molecular formula is C19H27NO. The van der Waals surface area contributed by atoms with E-state index in [2.05, 4.69) is 19.1 Å². The molecule has 2 nitrogen and oxygen atoms in total. The van der Waals surface area contributed by atoms with Gasteiger partial charge in [0, 0.05) is 0 Å². The number of anilines is 1. The van der Waals surface area contributed by atoms with Crippen molar-refractivity contribution in [2.24, 2.45) is 17.3 Å². The van der Waals surface area contributed by atoms with Crippen LogP contribution in [0.4, 0.5) is 5.69 Å². The van der Waals surface area contributed by atoms with Gasteiger partial charge in [-0.3, -0.25) is 0 Å². The minimum atomic E-state index is 0.635. The van der Waals surface area contributed by atoms with Crippen molar-refractivity contribution in [3.63, 3.8) is 0 Å². The summed E-state index contributed by atoms with van der Waals surface area (Å²) in [5.74, 6) is 3.47. The predicted octanol–water partition coefficient (Wildman–Crippen LogP) is 4.52. The quantitative estimate of drug-likeness (QED) is 0.770. The Hall–Kier alpha value is -1.18. The van der Waals surface area contributed by atoms with Gasteiger partial charge < -0.3 is 10.5 Å². The molecule has 114 valence electrons. The van der Waals surface area contributed by atoms with Crippen LogP contribution < -0.4 is 10.5 Å². The van der Waals surface area contributed by atoms with Crippen molar-refractivity contribution in [2.75, 3.05) is 12.8 Å². The summed E-state index contributed by atoms with van der Waals surface area (Å²) in [5, 5.41) is 0. The fourth-order valence-electron chi connectivity index (χ4n) is 5.79. The van der Waals surface area contributed by atoms with E-state index in [1.807, 2.05) is 0 Å². The molecule has 0 aromatic heterocycles. The lowest BCUT2D eigenvalue weighted by atomic mass is 9.56. The molecule has 3 aliphatic carbocycles. The van der Waals surface area contributed by atoms with Crippen LogP contribution in [-0.4, -0.2) is 7.11 Å². The number of nitrogen functional groups attached to an aromatic ring is 1. The first-order valence-electron chi connectivity index (χ1n) is 8.59. The van der Waals surface area contributed by atoms with E-state index in [9.17, 15) is 0 Å². The highest BCUT2D eigenvalue weighted by molar-refractivity contribution is 5.58. The summed E-state index contributed by atoms with van der Waals surface area (Å²) in [4.78, 5) is 0. The third-order valence-electron chi connectivity index (χ3n) is 6.86. The molecular weight excluding hydrogens is 258 g/mol. The topological polar surface area (TPSA) is 35.2 Å². The second-order valence-electron chi connectivity index (χ2n) is 7.79. The monoisotopic (exact) mass is 285 g/mol. The highest BCUT2D eigenvalue weighted by Crippen LogP contribution is 2.61. The second kappa shape index (κ2) is 4.66. The van der Waals surface area contributed by atoms with Crippen molar-refractivity contribution >= 4 is 5.69 Å². The largest absolute Gasteiger partial charge is 0.495 e. The number of nitrogens with two attached hydrogens (primary N) is 1. The van der Waals surface area contributed by atoms with Gasteiger partial charge in [-0.25, -0.2) is 0 Å². The summed E-state index contributed by atoms with van der Waals surface area (Å²) in [5.41, 5.74) is 10.6. The van der Waals surface area contributed by atoms with Crippen molar-refractivity contribution in [3.05, 3.63) is 23.3 Å². The van der Waals surface area contributed by atoms with Gasteiger partial charge in [0.1, 0.15) is 5.75 Å². The summed E-state index contributed by atoms with van der Waals surface area (Å²) in [6.07, 6.45) is 9.70. The molecule has 3 aliphatic rings. The van der Waals surface area contributed by atoms with Crippen LogP contribution in [0, 0.1) is 17.3 Å². The molecule has 2 fully saturated rings. The van der Waals surface area contributed by atoms with Crippen LogP contribution in [-0.2, 0) is 6.42 Å². The minimum Gasteiger partial charge on any atom is -0.495 e. The van der Waals surface area contributed by atoms with Gasteiger partial charge >= 0.3 is 0 Å². The average Bonchev–Trinajstić information content (AvgIpc) is 2.88. The average molecular weight is 285 g/mol. The Morgan fingerprint density at radius 1 is 1.19 bits per heavy atom. The predicted molar refractivity (Wildman–Crippen MR) is 86.6 cm³/mol. The summed E-state index contributed by atoms with van der Waals surface area (Å²) in [7, 11) is 1.73. The first kappa shape index (κ1) is 13.5. The van der Waals surface area contributed by atoms with Gasteiger partial charge in [-0.05, 0) is 85.0 Å². The number of aryl methyl sites for hydroxylation is 1. The second-order valence-corrected chi connectivity index (χ2v) is 7.79. The molecule has 0 heterocycles. The zero-order valence-electron chi connectivity index (χ0n) is 13.3. The summed E-state index contributed by atoms with van der Waals surface area (Å²) >= 11 is 0. The third kappa shape index (κ3) is 1.91. The highest BCUT2D eigenvalue weighted by atomic mass is 16.5. The van der Waals surface area contributed by atoms with Crippen LogP contribution in [0.5, 0.6) is 5.75 Å². The van der Waals surface area contributed by atoms with Gasteiger partial charge in [0.2, 0.25) is 0 Å². The van der Waals surface area contributed by atoms with Gasteiger partial charge in [-0.15, -0.1) is 0 Å². The Morgan fingerprint density at radius 2 is 2.05 bits per heavy atom. The summed E-state index contributed by atoms with van der Waals surface area (Å²) < 4.78 is 5.47. The number of methoxy groups -OCH3 is 1. The van der Waals surface area contributed by atoms with Crippen molar-refractivity contribution in [1.29, 1.82) is 0 Å². The van der Waals surface area contributed by atoms with Crippen molar-refractivity contribution in [2.45, 2.75) is 57.8 Å². The standard InChI is InChI=1S/C19H27NO/c1-19-8-3-4-16(19)14-6-5-12-10-17(20)18(21-2)11-15(12)13(14)7-9-19/h10-11,13-14,16H,3-9,20H2,1-2H3. The van der Waals surface area contributed by atoms with E-state index in [0.29, 0.717) is 5.41 Å². The van der Waals surface area contributed by atoms with Gasteiger partial charge in [-0.1, -0.05) is 13.3 Å². The van der Waals surface area contributed by atoms with Gasteiger partial charge in [0.15, 0.2) is 0 Å². The fraction of sp³-hybridized carbons (Fsp3) is 0.684. The SMILES string of the molecule is COc1cc2c(cc1N)CCC1C2CCC2(C)CCCC12. The van der Waals surface area contributed by atoms with Crippen molar-refractivity contribution < 1.29 is 4.74 Å². The summed E-state index contributed by atoms with van der Waals surface area (Å²) in [6.45, 7) is 2.56. The Balaban J connectivity index is 1.73. The van der Waals surface area contributed by atoms with Gasteiger partial charge in [0.25, 0.3) is 0 Å². The molecule has 0 saturated heterocycles. The lowest BCUT2D eigenvalue weighted by Crippen LogP contribution is -2.39. The van der Waals surface area contributed by atoms with Crippen LogP contribution in [0.15, 0.2) is 12.1 Å². The van der Waals surface area contributed by atoms with E-state index in [1.54, 1.807) is 12.7 Å². The van der Waals surface area contributed by atoms with E-state index >= 15 is 0 Å². The van der Waals surface area contributed by atoms with E-state index in [1.165, 1.54) is 50.5 Å². The maximum atomic E-state index is 6.10. The van der Waals surface area contributed by atoms with E-state index in [-0.39, 0.29) is 0 Å². The molecule has 2 heteroatoms. The molecule has 0 aliphatic heterocycles. The Labute approximate surface area is 128 Å². The summed E-state index contributed by atoms with van der Waals surface area (Å²) in [6, 6.07) is 4.42. The van der Waals surface area contributed by atoms with Crippen LogP contribution in [0.2, 0.25) is 0 Å². The number of rotatable bonds is 1. The molecule has 0 radical (unpaired) electrons. The highest BCUT2D eigenvalue weighted by Gasteiger charge is 2.50. The molecule has 4 rings (SSSR count). The number of hydrogen-bond acceptors (Lipinski definition) is 2. The third-order valence-corrected chi connectivity index (χ3v) is 6.86. The molecule has 0 bridgehead atoms. The van der Waals surface area contributed by atoms with E-state index < -0.39 is 0 Å². The smallest absolute Gasteiger partial charge is 0.142 e. The fourth-order valence-corrected chi connectivity index (χ4v) is 5.79. The molecule has 0 spiro atoms. The first-order chi connectivity index (χ1) is 10.1. The number of hydrogen-bond donors (Lipinski definition) is 1. The van der Waals surface area contributed by atoms with Crippen LogP contribution in [0.3, 0.4) is 0 Å². The Kier molecular flexibility index (Phi) is 2.99. The maximum Gasteiger partial charge on any atom is 0.142 e. The lowest BCUT2D eigenvalue weighted by molar-refractivity contribution is 0.0598.